The number of anilines is 1. The average molecular weight is 390 g/mol. The maximum Gasteiger partial charge on any atom is 0.130 e. The Hall–Kier alpha value is -2.61. The Balaban J connectivity index is 1.75. The van der Waals surface area contributed by atoms with Gasteiger partial charge in [0.1, 0.15) is 5.82 Å². The van der Waals surface area contributed by atoms with Gasteiger partial charge in [0, 0.05) is 36.4 Å². The van der Waals surface area contributed by atoms with Crippen molar-refractivity contribution in [3.05, 3.63) is 47.9 Å². The van der Waals surface area contributed by atoms with Crippen LogP contribution in [-0.2, 0) is 4.74 Å². The Morgan fingerprint density at radius 1 is 1.21 bits per heavy atom. The minimum atomic E-state index is 0.154. The van der Waals surface area contributed by atoms with Gasteiger partial charge >= 0.3 is 0 Å². The van der Waals surface area contributed by atoms with Crippen molar-refractivity contribution in [2.45, 2.75) is 32.4 Å². The number of hydrazine groups is 1. The van der Waals surface area contributed by atoms with Gasteiger partial charge in [-0.25, -0.2) is 10.4 Å². The smallest absolute Gasteiger partial charge is 0.130 e. The number of ether oxygens (including phenoxy) is 1. The lowest BCUT2D eigenvalue weighted by Gasteiger charge is -2.34. The van der Waals surface area contributed by atoms with Crippen LogP contribution < -0.4 is 15.8 Å². The predicted octanol–water partition coefficient (Wildman–Crippen LogP) is 2.76. The molecule has 2 atom stereocenters. The molecule has 2 aliphatic heterocycles. The van der Waals surface area contributed by atoms with Gasteiger partial charge in [0.15, 0.2) is 0 Å². The molecule has 1 unspecified atom stereocenters. The minimum absolute atomic E-state index is 0.154. The summed E-state index contributed by atoms with van der Waals surface area (Å²) >= 11 is 0. The Morgan fingerprint density at radius 2 is 2.14 bits per heavy atom. The number of nitrogens with zero attached hydrogens (tertiary/aromatic N) is 4. The molecule has 7 heteroatoms. The van der Waals surface area contributed by atoms with Crippen LogP contribution in [0.25, 0.3) is 22.2 Å². The van der Waals surface area contributed by atoms with Gasteiger partial charge in [-0.15, -0.1) is 0 Å². The molecule has 0 spiro atoms. The van der Waals surface area contributed by atoms with Crippen molar-refractivity contribution in [3.63, 3.8) is 0 Å². The molecule has 5 heterocycles. The van der Waals surface area contributed by atoms with E-state index in [2.05, 4.69) is 47.8 Å². The summed E-state index contributed by atoms with van der Waals surface area (Å²) in [5, 5.41) is 1.09. The van der Waals surface area contributed by atoms with E-state index in [1.165, 1.54) is 0 Å². The maximum absolute atomic E-state index is 5.65. The van der Waals surface area contributed by atoms with Crippen LogP contribution in [0.15, 0.2) is 36.7 Å². The van der Waals surface area contributed by atoms with Gasteiger partial charge in [-0.1, -0.05) is 6.07 Å². The summed E-state index contributed by atoms with van der Waals surface area (Å²) in [6.07, 6.45) is 4.73. The molecular formula is C22H26N6O. The van der Waals surface area contributed by atoms with E-state index in [4.69, 9.17) is 19.7 Å². The quantitative estimate of drug-likeness (QED) is 0.712. The van der Waals surface area contributed by atoms with Crippen molar-refractivity contribution < 1.29 is 4.74 Å². The second-order valence-electron chi connectivity index (χ2n) is 7.82. The van der Waals surface area contributed by atoms with Crippen LogP contribution in [0.2, 0.25) is 0 Å². The van der Waals surface area contributed by atoms with Gasteiger partial charge in [-0.3, -0.25) is 15.4 Å². The third kappa shape index (κ3) is 3.35. The second-order valence-corrected chi connectivity index (χ2v) is 7.82. The van der Waals surface area contributed by atoms with Crippen molar-refractivity contribution >= 4 is 16.7 Å². The van der Waals surface area contributed by atoms with Gasteiger partial charge in [0.05, 0.1) is 42.2 Å². The highest BCUT2D eigenvalue weighted by atomic mass is 16.5. The molecule has 0 amide bonds. The van der Waals surface area contributed by atoms with Gasteiger partial charge in [0.2, 0.25) is 0 Å². The summed E-state index contributed by atoms with van der Waals surface area (Å²) < 4.78 is 5.65. The topological polar surface area (TPSA) is 75.2 Å². The van der Waals surface area contributed by atoms with Crippen LogP contribution in [0.1, 0.15) is 30.6 Å². The number of hydrogen-bond acceptors (Lipinski definition) is 7. The molecule has 0 bridgehead atoms. The molecule has 2 N–H and O–H groups in total. The SMILES string of the molecule is Cc1cccnc1-c1cc(N2CCOC[C@H]2C)nc2c(C3CCNN3)nccc12. The Morgan fingerprint density at radius 3 is 2.93 bits per heavy atom. The first-order chi connectivity index (χ1) is 14.2. The molecule has 150 valence electrons. The van der Waals surface area contributed by atoms with Gasteiger partial charge < -0.3 is 9.64 Å². The van der Waals surface area contributed by atoms with Crippen LogP contribution in [0.3, 0.4) is 0 Å². The minimum Gasteiger partial charge on any atom is -0.377 e. The number of rotatable bonds is 3. The van der Waals surface area contributed by atoms with Gasteiger partial charge in [-0.05, 0) is 44.0 Å². The van der Waals surface area contributed by atoms with Crippen molar-refractivity contribution in [1.82, 2.24) is 25.8 Å². The van der Waals surface area contributed by atoms with E-state index in [1.54, 1.807) is 0 Å². The van der Waals surface area contributed by atoms with E-state index in [1.807, 2.05) is 18.5 Å². The summed E-state index contributed by atoms with van der Waals surface area (Å²) in [5.41, 5.74) is 11.8. The standard InChI is InChI=1S/C22H26N6O/c1-14-4-3-7-23-20(14)17-12-19(28-10-11-29-13-15(28)2)26-21-16(17)5-8-24-22(21)18-6-9-25-27-18/h3-5,7-8,12,15,18,25,27H,6,9-11,13H2,1-2H3/t15-,18?/m1/s1. The molecule has 29 heavy (non-hydrogen) atoms. The lowest BCUT2D eigenvalue weighted by atomic mass is 9.99. The fourth-order valence-electron chi connectivity index (χ4n) is 4.28. The third-order valence-corrected chi connectivity index (χ3v) is 5.83. The zero-order chi connectivity index (χ0) is 19.8. The number of morpholine rings is 1. The Labute approximate surface area is 170 Å². The van der Waals surface area contributed by atoms with Crippen molar-refractivity contribution in [1.29, 1.82) is 0 Å². The Kier molecular flexibility index (Phi) is 4.87. The van der Waals surface area contributed by atoms with Crippen LogP contribution in [0, 0.1) is 6.92 Å². The van der Waals surface area contributed by atoms with Crippen molar-refractivity contribution in [2.75, 3.05) is 31.2 Å². The highest BCUT2D eigenvalue weighted by Crippen LogP contribution is 2.35. The third-order valence-electron chi connectivity index (χ3n) is 5.83. The first-order valence-corrected chi connectivity index (χ1v) is 10.3. The molecule has 2 aliphatic rings. The lowest BCUT2D eigenvalue weighted by molar-refractivity contribution is 0.0986. The highest BCUT2D eigenvalue weighted by molar-refractivity contribution is 5.97. The zero-order valence-electron chi connectivity index (χ0n) is 16.9. The van der Waals surface area contributed by atoms with Crippen molar-refractivity contribution in [3.8, 4) is 11.3 Å². The van der Waals surface area contributed by atoms with Crippen LogP contribution >= 0.6 is 0 Å². The number of aromatic nitrogens is 3. The Bertz CT molecular complexity index is 1030. The zero-order valence-corrected chi connectivity index (χ0v) is 16.9. The molecule has 0 radical (unpaired) electrons. The summed E-state index contributed by atoms with van der Waals surface area (Å²) in [7, 11) is 0. The normalized spacial score (nSPS) is 22.3. The summed E-state index contributed by atoms with van der Waals surface area (Å²) in [6.45, 7) is 7.48. The molecule has 0 aliphatic carbocycles. The molecule has 0 saturated carbocycles. The molecule has 2 saturated heterocycles. The average Bonchev–Trinajstić information content (AvgIpc) is 3.28. The number of hydrogen-bond donors (Lipinski definition) is 2. The first kappa shape index (κ1) is 18.4. The highest BCUT2D eigenvalue weighted by Gasteiger charge is 2.26. The predicted molar refractivity (Wildman–Crippen MR) is 114 cm³/mol. The monoisotopic (exact) mass is 390 g/mol. The molecule has 0 aromatic carbocycles. The largest absolute Gasteiger partial charge is 0.377 e. The lowest BCUT2D eigenvalue weighted by Crippen LogP contribution is -2.44. The van der Waals surface area contributed by atoms with E-state index in [0.29, 0.717) is 6.61 Å². The second kappa shape index (κ2) is 7.67. The van der Waals surface area contributed by atoms with E-state index in [9.17, 15) is 0 Å². The molecule has 3 aromatic rings. The number of pyridine rings is 3. The van der Waals surface area contributed by atoms with Crippen LogP contribution in [-0.4, -0.2) is 47.3 Å². The molecule has 3 aromatic heterocycles. The molecule has 7 nitrogen and oxygen atoms in total. The maximum atomic E-state index is 5.65. The van der Waals surface area contributed by atoms with E-state index in [0.717, 1.165) is 65.4 Å². The molecule has 5 rings (SSSR count). The van der Waals surface area contributed by atoms with Crippen molar-refractivity contribution in [2.24, 2.45) is 0 Å². The van der Waals surface area contributed by atoms with E-state index >= 15 is 0 Å². The number of fused-ring (bicyclic) bond motifs is 1. The number of aryl methyl sites for hydroxylation is 1. The summed E-state index contributed by atoms with van der Waals surface area (Å²) in [5.74, 6) is 0.966. The molecular weight excluding hydrogens is 364 g/mol. The van der Waals surface area contributed by atoms with Crippen LogP contribution in [0.5, 0.6) is 0 Å². The van der Waals surface area contributed by atoms with E-state index in [-0.39, 0.29) is 12.1 Å². The fourth-order valence-corrected chi connectivity index (χ4v) is 4.28. The first-order valence-electron chi connectivity index (χ1n) is 10.3. The number of nitrogens with one attached hydrogen (secondary N) is 2. The van der Waals surface area contributed by atoms with E-state index < -0.39 is 0 Å². The van der Waals surface area contributed by atoms with Crippen LogP contribution in [0.4, 0.5) is 5.82 Å². The summed E-state index contributed by atoms with van der Waals surface area (Å²) in [4.78, 5) is 16.9. The van der Waals surface area contributed by atoms with Gasteiger partial charge in [0.25, 0.3) is 0 Å². The fraction of sp³-hybridized carbons (Fsp3) is 0.409. The van der Waals surface area contributed by atoms with Gasteiger partial charge in [-0.2, -0.15) is 0 Å². The summed E-state index contributed by atoms with van der Waals surface area (Å²) in [6, 6.07) is 8.76. The molecule has 2 fully saturated rings.